The number of rotatable bonds is 2. The number of ketones is 2. The van der Waals surface area contributed by atoms with E-state index in [-0.39, 0.29) is 42.8 Å². The average molecular weight is 1190 g/mol. The van der Waals surface area contributed by atoms with Gasteiger partial charge in [0.1, 0.15) is 23.8 Å². The number of cyclic esters (lactones) is 3. The smallest absolute Gasteiger partial charge is 0.308 e. The molecule has 0 spiro atoms. The van der Waals surface area contributed by atoms with Crippen molar-refractivity contribution in [3.63, 3.8) is 0 Å². The predicted molar refractivity (Wildman–Crippen MR) is 330 cm³/mol. The molecule has 1 N–H and O–H groups in total. The molecule has 16 heteroatoms. The van der Waals surface area contributed by atoms with Gasteiger partial charge in [0.25, 0.3) is 0 Å². The van der Waals surface area contributed by atoms with Crippen molar-refractivity contribution >= 4 is 29.5 Å². The fourth-order valence-electron chi connectivity index (χ4n) is 9.52. The van der Waals surface area contributed by atoms with Crippen LogP contribution in [0.2, 0.25) is 0 Å². The summed E-state index contributed by atoms with van der Waals surface area (Å²) in [5.74, 6) is 8.63. The molecule has 0 radical (unpaired) electrons. The Balaban J connectivity index is 0.000000464. The lowest BCUT2D eigenvalue weighted by atomic mass is 9.88. The number of ether oxygens (including phenoxy) is 10. The molecule has 0 aromatic carbocycles. The van der Waals surface area contributed by atoms with Gasteiger partial charge in [0, 0.05) is 88.8 Å². The second kappa shape index (κ2) is 43.9. The van der Waals surface area contributed by atoms with Crippen LogP contribution in [0.25, 0.3) is 0 Å². The molecule has 11 fully saturated rings. The monoisotopic (exact) mass is 1190 g/mol. The summed E-state index contributed by atoms with van der Waals surface area (Å²) >= 11 is 0. The van der Waals surface area contributed by atoms with Gasteiger partial charge in [-0.3, -0.25) is 24.0 Å². The van der Waals surface area contributed by atoms with Crippen molar-refractivity contribution in [2.75, 3.05) is 40.1 Å². The molecule has 9 heterocycles. The highest BCUT2D eigenvalue weighted by Crippen LogP contribution is 2.29. The predicted octanol–water partition coefficient (Wildman–Crippen LogP) is 14.9. The van der Waals surface area contributed by atoms with Gasteiger partial charge in [0.15, 0.2) is 6.29 Å². The molecule has 9 aliphatic heterocycles. The Morgan fingerprint density at radius 2 is 1.04 bits per heavy atom. The van der Waals surface area contributed by atoms with Crippen molar-refractivity contribution in [1.82, 2.24) is 0 Å². The van der Waals surface area contributed by atoms with Gasteiger partial charge in [-0.2, -0.15) is 0 Å². The Hall–Kier alpha value is -4.67. The van der Waals surface area contributed by atoms with Crippen LogP contribution in [-0.2, 0) is 71.3 Å². The average Bonchev–Trinajstić information content (AvgIpc) is 4.32. The summed E-state index contributed by atoms with van der Waals surface area (Å²) in [6, 6.07) is 0. The molecule has 0 bridgehead atoms. The number of carbonyl (C=O) groups excluding carboxylic acids is 5. The van der Waals surface area contributed by atoms with E-state index in [1.807, 2.05) is 41.5 Å². The van der Waals surface area contributed by atoms with Crippen molar-refractivity contribution in [1.29, 1.82) is 0 Å². The van der Waals surface area contributed by atoms with Crippen molar-refractivity contribution in [3.05, 3.63) is 61.7 Å². The van der Waals surface area contributed by atoms with Crippen molar-refractivity contribution < 1.29 is 76.4 Å². The van der Waals surface area contributed by atoms with Crippen molar-refractivity contribution in [3.8, 4) is 0 Å². The van der Waals surface area contributed by atoms with E-state index in [2.05, 4.69) is 65.3 Å². The molecule has 0 aromatic rings. The number of aliphatic hydroxyl groups is 1. The highest BCUT2D eigenvalue weighted by molar-refractivity contribution is 5.82. The number of methoxy groups -OCH3 is 1. The number of esters is 3. The molecule has 84 heavy (non-hydrogen) atoms. The quantitative estimate of drug-likeness (QED) is 0.202. The van der Waals surface area contributed by atoms with Gasteiger partial charge in [-0.15, -0.1) is 0 Å². The molecule has 12 atom stereocenters. The second-order valence-corrected chi connectivity index (χ2v) is 24.7. The summed E-state index contributed by atoms with van der Waals surface area (Å²) in [4.78, 5) is 52.9. The zero-order valence-electron chi connectivity index (χ0n) is 54.5. The van der Waals surface area contributed by atoms with Crippen LogP contribution >= 0.6 is 0 Å². The van der Waals surface area contributed by atoms with E-state index in [4.69, 9.17) is 42.6 Å². The normalized spacial score (nSPS) is 31.5. The zero-order valence-corrected chi connectivity index (χ0v) is 54.5. The number of hydrogen-bond acceptors (Lipinski definition) is 16. The minimum atomic E-state index is -0.811. The zero-order chi connectivity index (χ0) is 63.2. The second-order valence-electron chi connectivity index (χ2n) is 24.7. The highest BCUT2D eigenvalue weighted by atomic mass is 16.7. The molecular formula is C68H116O16. The minimum absolute atomic E-state index is 0.0382. The SMILES string of the molecule is C=C1CC(C)CCO1.C=C1CC(C)O1.C=C1CCC(C)CO1.C=C1CCC(C)O1.C=C1OCC1C.CC1CCCC(=O)O1.CC1CCCC1=O.CC1CCCCC1=O.CC1COC(=O)C1.CCC1(O)CC(=O)OC(C)C1.COC1CCCCO1. The van der Waals surface area contributed by atoms with Gasteiger partial charge in [-0.25, -0.2) is 0 Å². The third-order valence-electron chi connectivity index (χ3n) is 15.5. The van der Waals surface area contributed by atoms with Crippen LogP contribution in [0.15, 0.2) is 61.7 Å². The maximum Gasteiger partial charge on any atom is 0.308 e. The Bertz CT molecular complexity index is 1910. The van der Waals surface area contributed by atoms with Crippen LogP contribution < -0.4 is 0 Å². The first-order valence-corrected chi connectivity index (χ1v) is 31.7. The van der Waals surface area contributed by atoms with E-state index < -0.39 is 5.60 Å². The molecule has 11 rings (SSSR count). The summed E-state index contributed by atoms with van der Waals surface area (Å²) in [7, 11) is 1.69. The van der Waals surface area contributed by atoms with E-state index in [9.17, 15) is 29.1 Å². The first-order valence-electron chi connectivity index (χ1n) is 31.7. The standard InChI is InChI=1S/C8H14O3.3C7H12O.C6H12O2.C6H10O2.2C6H10O.C5H8O2.2C5H8O/c1-3-8(10)4-6(2)11-7(9)5-8;1-6-3-4-8-7(2)5-6;1-6-3-4-7(2)8-5-6;1-6-4-2-3-5-7(6)8;1-7-6-4-2-3-5-8-6;1-5-3-2-4-6(7)8-5;1-5-3-4-6(2)7-5;1-5-3-2-4-6(5)7;1-4-2-5(6)7-3-4;1-4-3-6-5(4)2;1-4-3-5(2)6-4/h6,10H,3-5H2,1-2H3;4*6H,2-5H2,1H3;5H,2-4H2,1H3;6H,1,3-4H2,2H3;5H,2-4H2,1H3;4H,2-3H2,1H3;4H,2-3H2,1H3;5H,1,3H2,2H3. The molecular weight excluding hydrogens is 1070 g/mol. The molecule has 9 saturated heterocycles. The fourth-order valence-corrected chi connectivity index (χ4v) is 9.52. The van der Waals surface area contributed by atoms with Crippen LogP contribution in [0, 0.1) is 35.5 Å². The van der Waals surface area contributed by atoms with Crippen LogP contribution in [0.3, 0.4) is 0 Å². The molecule has 0 amide bonds. The van der Waals surface area contributed by atoms with Gasteiger partial charge in [-0.05, 0) is 123 Å². The summed E-state index contributed by atoms with van der Waals surface area (Å²) in [5, 5.41) is 9.72. The molecule has 12 unspecified atom stereocenters. The van der Waals surface area contributed by atoms with E-state index >= 15 is 0 Å². The lowest BCUT2D eigenvalue weighted by Gasteiger charge is -2.33. The largest absolute Gasteiger partial charge is 0.499 e. The molecule has 16 nitrogen and oxygen atoms in total. The van der Waals surface area contributed by atoms with E-state index in [0.29, 0.717) is 79.7 Å². The topological polar surface area (TPSA) is 198 Å². The first-order chi connectivity index (χ1) is 39.6. The summed E-state index contributed by atoms with van der Waals surface area (Å²) in [6.45, 7) is 44.8. The Labute approximate surface area is 507 Å². The summed E-state index contributed by atoms with van der Waals surface area (Å²) in [6.07, 6.45) is 24.3. The van der Waals surface area contributed by atoms with Gasteiger partial charge < -0.3 is 52.5 Å². The maximum absolute atomic E-state index is 10.9. The number of Topliss-reactive ketones (excluding diaryl/α,β-unsaturated/α-hetero) is 2. The van der Waals surface area contributed by atoms with Gasteiger partial charge in [0.2, 0.25) is 0 Å². The van der Waals surface area contributed by atoms with E-state index in [1.165, 1.54) is 32.1 Å². The van der Waals surface area contributed by atoms with Crippen LogP contribution in [-0.4, -0.2) is 111 Å². The number of hydrogen-bond donors (Lipinski definition) is 1. The number of carbonyl (C=O) groups is 5. The van der Waals surface area contributed by atoms with Crippen LogP contribution in [0.4, 0.5) is 0 Å². The Morgan fingerprint density at radius 1 is 0.464 bits per heavy atom. The van der Waals surface area contributed by atoms with Crippen LogP contribution in [0.1, 0.15) is 230 Å². The van der Waals surface area contributed by atoms with Gasteiger partial charge in [-0.1, -0.05) is 87.8 Å². The lowest BCUT2D eigenvalue weighted by Crippen LogP contribution is -2.41. The van der Waals surface area contributed by atoms with E-state index in [1.54, 1.807) is 14.0 Å². The minimum Gasteiger partial charge on any atom is -0.499 e. The Kier molecular flexibility index (Phi) is 40.4. The molecule has 11 aliphatic rings. The fraction of sp³-hybridized carbons (Fsp3) is 0.779. The first kappa shape index (κ1) is 77.3. The van der Waals surface area contributed by atoms with Gasteiger partial charge >= 0.3 is 17.9 Å². The molecule has 2 saturated carbocycles. The summed E-state index contributed by atoms with van der Waals surface area (Å²) < 4.78 is 49.8. The third-order valence-corrected chi connectivity index (χ3v) is 15.5. The van der Waals surface area contributed by atoms with Crippen molar-refractivity contribution in [2.45, 2.75) is 267 Å². The highest BCUT2D eigenvalue weighted by Gasteiger charge is 2.36. The lowest BCUT2D eigenvalue weighted by molar-refractivity contribution is -0.168. The summed E-state index contributed by atoms with van der Waals surface area (Å²) in [5.41, 5.74) is -0.811. The van der Waals surface area contributed by atoms with Crippen LogP contribution in [0.5, 0.6) is 0 Å². The van der Waals surface area contributed by atoms with E-state index in [0.717, 1.165) is 157 Å². The third kappa shape index (κ3) is 38.4. The van der Waals surface area contributed by atoms with Gasteiger partial charge in [0.05, 0.1) is 85.9 Å². The molecule has 2 aliphatic carbocycles. The molecule has 0 aromatic heterocycles. The Morgan fingerprint density at radius 3 is 1.31 bits per heavy atom. The maximum atomic E-state index is 10.9. The number of allylic oxidation sites excluding steroid dienone is 3. The van der Waals surface area contributed by atoms with Crippen molar-refractivity contribution in [2.24, 2.45) is 35.5 Å². The molecule has 484 valence electrons.